The first kappa shape index (κ1) is 12.0. The van der Waals surface area contributed by atoms with Gasteiger partial charge in [0.2, 0.25) is 11.8 Å². The van der Waals surface area contributed by atoms with Crippen LogP contribution >= 0.6 is 0 Å². The van der Waals surface area contributed by atoms with E-state index in [-0.39, 0.29) is 29.9 Å². The maximum Gasteiger partial charge on any atom is 0.246 e. The number of rotatable bonds is 3. The molecule has 1 saturated carbocycles. The first-order valence-corrected chi connectivity index (χ1v) is 6.92. The van der Waals surface area contributed by atoms with Crippen molar-refractivity contribution in [3.63, 3.8) is 0 Å². The molecule has 2 saturated heterocycles. The number of carbonyl (C=O) groups excluding carboxylic acids is 2. The summed E-state index contributed by atoms with van der Waals surface area (Å²) in [5.41, 5.74) is 0. The van der Waals surface area contributed by atoms with Crippen molar-refractivity contribution < 1.29 is 14.3 Å². The van der Waals surface area contributed by atoms with E-state index >= 15 is 0 Å². The summed E-state index contributed by atoms with van der Waals surface area (Å²) in [7, 11) is 0. The molecule has 0 spiro atoms. The van der Waals surface area contributed by atoms with Gasteiger partial charge in [-0.1, -0.05) is 6.92 Å². The quantitative estimate of drug-likeness (QED) is 0.785. The van der Waals surface area contributed by atoms with Crippen molar-refractivity contribution >= 4 is 11.8 Å². The Balaban J connectivity index is 1.86. The van der Waals surface area contributed by atoms with Crippen LogP contribution in [0.3, 0.4) is 0 Å². The summed E-state index contributed by atoms with van der Waals surface area (Å²) in [5.74, 6) is 0.493. The minimum absolute atomic E-state index is 0.0378. The van der Waals surface area contributed by atoms with Gasteiger partial charge in [0.05, 0.1) is 12.6 Å². The third-order valence-corrected chi connectivity index (χ3v) is 4.21. The molecular weight excluding hydrogens is 232 g/mol. The summed E-state index contributed by atoms with van der Waals surface area (Å²) in [6.45, 7) is 3.21. The highest BCUT2D eigenvalue weighted by Gasteiger charge is 2.50. The van der Waals surface area contributed by atoms with Crippen LogP contribution in [0.2, 0.25) is 0 Å². The molecule has 2 amide bonds. The highest BCUT2D eigenvalue weighted by atomic mass is 16.5. The fourth-order valence-electron chi connectivity index (χ4n) is 3.04. The van der Waals surface area contributed by atoms with Crippen molar-refractivity contribution in [1.82, 2.24) is 10.2 Å². The van der Waals surface area contributed by atoms with Crippen LogP contribution in [0.1, 0.15) is 32.6 Å². The second-order valence-corrected chi connectivity index (χ2v) is 5.51. The van der Waals surface area contributed by atoms with E-state index in [1.165, 1.54) is 0 Å². The molecule has 100 valence electrons. The summed E-state index contributed by atoms with van der Waals surface area (Å²) in [6.07, 6.45) is 3.64. The molecule has 0 bridgehead atoms. The molecule has 5 nitrogen and oxygen atoms in total. The van der Waals surface area contributed by atoms with Crippen LogP contribution in [0.4, 0.5) is 0 Å². The van der Waals surface area contributed by atoms with E-state index in [4.69, 9.17) is 4.74 Å². The van der Waals surface area contributed by atoms with Gasteiger partial charge in [-0.05, 0) is 31.6 Å². The largest absolute Gasteiger partial charge is 0.379 e. The fraction of sp³-hybridized carbons (Fsp3) is 0.846. The van der Waals surface area contributed by atoms with Gasteiger partial charge in [0.1, 0.15) is 12.1 Å². The molecule has 0 aromatic carbocycles. The van der Waals surface area contributed by atoms with Crippen LogP contribution in [0, 0.1) is 5.92 Å². The Hall–Kier alpha value is -1.10. The van der Waals surface area contributed by atoms with E-state index in [1.54, 1.807) is 0 Å². The van der Waals surface area contributed by atoms with E-state index in [0.29, 0.717) is 25.6 Å². The molecular formula is C13H20N2O3. The highest BCUT2D eigenvalue weighted by Crippen LogP contribution is 2.38. The minimum Gasteiger partial charge on any atom is -0.379 e. The Kier molecular flexibility index (Phi) is 3.01. The number of nitrogens with one attached hydrogen (secondary N) is 1. The molecule has 3 atom stereocenters. The molecule has 3 aliphatic rings. The standard InChI is InChI=1S/C13H20N2O3/c1-2-10-13(17)15(9-5-6-18-7-9)11(8-3-4-8)12(16)14-10/h8-11H,2-7H2,1H3,(H,14,16). The van der Waals surface area contributed by atoms with Gasteiger partial charge in [-0.25, -0.2) is 0 Å². The van der Waals surface area contributed by atoms with Crippen LogP contribution < -0.4 is 5.32 Å². The number of ether oxygens (including phenoxy) is 1. The van der Waals surface area contributed by atoms with Gasteiger partial charge in [-0.2, -0.15) is 0 Å². The first-order valence-electron chi connectivity index (χ1n) is 6.92. The molecule has 0 aromatic heterocycles. The molecule has 0 radical (unpaired) electrons. The van der Waals surface area contributed by atoms with E-state index in [0.717, 1.165) is 19.3 Å². The van der Waals surface area contributed by atoms with Crippen molar-refractivity contribution in [1.29, 1.82) is 0 Å². The third kappa shape index (κ3) is 1.90. The van der Waals surface area contributed by atoms with Crippen molar-refractivity contribution in [3.05, 3.63) is 0 Å². The van der Waals surface area contributed by atoms with Crippen molar-refractivity contribution in [2.24, 2.45) is 5.92 Å². The van der Waals surface area contributed by atoms with E-state index in [2.05, 4.69) is 5.32 Å². The Morgan fingerprint density at radius 2 is 2.11 bits per heavy atom. The average molecular weight is 252 g/mol. The fourth-order valence-corrected chi connectivity index (χ4v) is 3.04. The van der Waals surface area contributed by atoms with Crippen LogP contribution in [-0.2, 0) is 14.3 Å². The van der Waals surface area contributed by atoms with Gasteiger partial charge < -0.3 is 15.0 Å². The SMILES string of the molecule is CCC1NC(=O)C(C2CC2)N(C2CCOC2)C1=O. The number of hydrogen-bond donors (Lipinski definition) is 1. The molecule has 3 unspecified atom stereocenters. The van der Waals surface area contributed by atoms with Crippen LogP contribution in [0.5, 0.6) is 0 Å². The summed E-state index contributed by atoms with van der Waals surface area (Å²) >= 11 is 0. The lowest BCUT2D eigenvalue weighted by Gasteiger charge is -2.42. The predicted molar refractivity (Wildman–Crippen MR) is 64.8 cm³/mol. The molecule has 1 N–H and O–H groups in total. The number of piperazine rings is 1. The maximum atomic E-state index is 12.5. The number of hydrogen-bond acceptors (Lipinski definition) is 3. The van der Waals surface area contributed by atoms with Gasteiger partial charge >= 0.3 is 0 Å². The minimum atomic E-state index is -0.340. The van der Waals surface area contributed by atoms with Gasteiger partial charge in [0.25, 0.3) is 0 Å². The Morgan fingerprint density at radius 1 is 1.33 bits per heavy atom. The Bertz CT molecular complexity index is 361. The van der Waals surface area contributed by atoms with Crippen molar-refractivity contribution in [3.8, 4) is 0 Å². The molecule has 0 aromatic rings. The van der Waals surface area contributed by atoms with Gasteiger partial charge in [0.15, 0.2) is 0 Å². The third-order valence-electron chi connectivity index (χ3n) is 4.21. The lowest BCUT2D eigenvalue weighted by atomic mass is 9.98. The predicted octanol–water partition coefficient (Wildman–Crippen LogP) is 0.291. The molecule has 5 heteroatoms. The molecule has 1 aliphatic carbocycles. The van der Waals surface area contributed by atoms with E-state index in [9.17, 15) is 9.59 Å². The highest BCUT2D eigenvalue weighted by molar-refractivity contribution is 5.97. The zero-order valence-electron chi connectivity index (χ0n) is 10.7. The molecule has 2 heterocycles. The van der Waals surface area contributed by atoms with Gasteiger partial charge in [0, 0.05) is 6.61 Å². The zero-order chi connectivity index (χ0) is 12.7. The van der Waals surface area contributed by atoms with E-state index in [1.807, 2.05) is 11.8 Å². The summed E-state index contributed by atoms with van der Waals surface area (Å²) in [5, 5.41) is 2.87. The smallest absolute Gasteiger partial charge is 0.246 e. The summed E-state index contributed by atoms with van der Waals surface area (Å²) in [6, 6.07) is -0.483. The second-order valence-electron chi connectivity index (χ2n) is 5.51. The number of amides is 2. The lowest BCUT2D eigenvalue weighted by Crippen LogP contribution is -2.66. The van der Waals surface area contributed by atoms with E-state index < -0.39 is 0 Å². The lowest BCUT2D eigenvalue weighted by molar-refractivity contribution is -0.153. The topological polar surface area (TPSA) is 58.6 Å². The zero-order valence-corrected chi connectivity index (χ0v) is 10.7. The Morgan fingerprint density at radius 3 is 2.67 bits per heavy atom. The molecule has 3 fully saturated rings. The number of nitrogens with zero attached hydrogens (tertiary/aromatic N) is 1. The van der Waals surface area contributed by atoms with Crippen molar-refractivity contribution in [2.45, 2.75) is 50.7 Å². The van der Waals surface area contributed by atoms with Crippen LogP contribution in [-0.4, -0.2) is 48.1 Å². The summed E-state index contributed by atoms with van der Waals surface area (Å²) in [4.78, 5) is 26.5. The van der Waals surface area contributed by atoms with Gasteiger partial charge in [-0.15, -0.1) is 0 Å². The average Bonchev–Trinajstić information content (AvgIpc) is 3.06. The van der Waals surface area contributed by atoms with Gasteiger partial charge in [-0.3, -0.25) is 9.59 Å². The van der Waals surface area contributed by atoms with Crippen LogP contribution in [0.15, 0.2) is 0 Å². The molecule has 3 rings (SSSR count). The second kappa shape index (κ2) is 4.53. The Labute approximate surface area is 107 Å². The molecule has 18 heavy (non-hydrogen) atoms. The number of carbonyl (C=O) groups is 2. The van der Waals surface area contributed by atoms with Crippen molar-refractivity contribution in [2.75, 3.05) is 13.2 Å². The molecule has 2 aliphatic heterocycles. The van der Waals surface area contributed by atoms with Crippen LogP contribution in [0.25, 0.3) is 0 Å². The summed E-state index contributed by atoms with van der Waals surface area (Å²) < 4.78 is 5.39. The normalized spacial score (nSPS) is 36.9. The monoisotopic (exact) mass is 252 g/mol. The first-order chi connectivity index (χ1) is 8.72. The maximum absolute atomic E-state index is 12.5.